The number of nitrogens with one attached hydrogen (secondary N) is 1. The predicted octanol–water partition coefficient (Wildman–Crippen LogP) is 3.77. The Hall–Kier alpha value is -2.88. The molecule has 0 aliphatic heterocycles. The molecular formula is C18H16ClF3N6O. The van der Waals surface area contributed by atoms with E-state index in [2.05, 4.69) is 20.5 Å². The molecule has 0 saturated heterocycles. The average molecular weight is 425 g/mol. The van der Waals surface area contributed by atoms with Crippen LogP contribution in [0.4, 0.5) is 19.1 Å². The van der Waals surface area contributed by atoms with Gasteiger partial charge in [-0.2, -0.15) is 5.10 Å². The van der Waals surface area contributed by atoms with E-state index in [1.807, 2.05) is 0 Å². The first kappa shape index (κ1) is 19.4. The number of hydrogen-bond donors (Lipinski definition) is 1. The van der Waals surface area contributed by atoms with Crippen LogP contribution < -0.4 is 5.32 Å². The summed E-state index contributed by atoms with van der Waals surface area (Å²) >= 11 is 6.00. The molecule has 11 heteroatoms. The SMILES string of the molecule is O=C(Cn1nc(C(F)F)cc1C1CC1)Nc1ncn(Cc2c(F)cccc2Cl)n1. The molecule has 7 nitrogen and oxygen atoms in total. The summed E-state index contributed by atoms with van der Waals surface area (Å²) in [5.41, 5.74) is 0.536. The number of nitrogens with zero attached hydrogens (tertiary/aromatic N) is 5. The molecule has 1 N–H and O–H groups in total. The zero-order valence-electron chi connectivity index (χ0n) is 15.0. The first-order valence-electron chi connectivity index (χ1n) is 8.88. The molecule has 0 atom stereocenters. The molecule has 1 amide bonds. The topological polar surface area (TPSA) is 77.6 Å². The van der Waals surface area contributed by atoms with Gasteiger partial charge in [-0.3, -0.25) is 14.8 Å². The van der Waals surface area contributed by atoms with E-state index in [-0.39, 0.29) is 41.2 Å². The lowest BCUT2D eigenvalue weighted by molar-refractivity contribution is -0.117. The van der Waals surface area contributed by atoms with Crippen LogP contribution in [0.15, 0.2) is 30.6 Å². The summed E-state index contributed by atoms with van der Waals surface area (Å²) in [5, 5.41) is 10.7. The second-order valence-corrected chi connectivity index (χ2v) is 7.15. The molecule has 152 valence electrons. The number of carbonyl (C=O) groups is 1. The number of rotatable bonds is 7. The van der Waals surface area contributed by atoms with Crippen molar-refractivity contribution in [3.63, 3.8) is 0 Å². The third kappa shape index (κ3) is 4.42. The van der Waals surface area contributed by atoms with Crippen LogP contribution in [0.1, 0.15) is 42.1 Å². The van der Waals surface area contributed by atoms with Gasteiger partial charge in [0.1, 0.15) is 24.4 Å². The van der Waals surface area contributed by atoms with Gasteiger partial charge in [0.2, 0.25) is 11.9 Å². The van der Waals surface area contributed by atoms with Crippen molar-refractivity contribution in [1.82, 2.24) is 24.5 Å². The number of carbonyl (C=O) groups excluding carboxylic acids is 1. The van der Waals surface area contributed by atoms with E-state index in [0.29, 0.717) is 5.69 Å². The van der Waals surface area contributed by atoms with Gasteiger partial charge in [-0.1, -0.05) is 17.7 Å². The van der Waals surface area contributed by atoms with E-state index in [9.17, 15) is 18.0 Å². The van der Waals surface area contributed by atoms with E-state index in [1.54, 1.807) is 6.07 Å². The Morgan fingerprint density at radius 3 is 2.79 bits per heavy atom. The number of alkyl halides is 2. The van der Waals surface area contributed by atoms with Gasteiger partial charge in [0.15, 0.2) is 0 Å². The molecule has 2 heterocycles. The average Bonchev–Trinajstić information content (AvgIpc) is 3.27. The molecular weight excluding hydrogens is 409 g/mol. The smallest absolute Gasteiger partial charge is 0.282 e. The number of benzene rings is 1. The van der Waals surface area contributed by atoms with Gasteiger partial charge in [0.05, 0.1) is 6.54 Å². The third-order valence-corrected chi connectivity index (χ3v) is 4.87. The second kappa shape index (κ2) is 7.86. The molecule has 1 aromatic carbocycles. The van der Waals surface area contributed by atoms with Crippen molar-refractivity contribution >= 4 is 23.5 Å². The number of hydrogen-bond acceptors (Lipinski definition) is 4. The highest BCUT2D eigenvalue weighted by molar-refractivity contribution is 6.31. The fraction of sp³-hybridized carbons (Fsp3) is 0.333. The number of halogens is 4. The standard InChI is InChI=1S/C18H16ClF3N6O/c19-12-2-1-3-13(20)11(12)7-27-9-23-18(26-27)24-16(29)8-28-15(10-4-5-10)6-14(25-28)17(21)22/h1-3,6,9-10,17H,4-5,7-8H2,(H,24,26,29). The third-order valence-electron chi connectivity index (χ3n) is 4.51. The van der Waals surface area contributed by atoms with Crippen molar-refractivity contribution in [2.24, 2.45) is 0 Å². The van der Waals surface area contributed by atoms with Gasteiger partial charge in [0, 0.05) is 22.2 Å². The Morgan fingerprint density at radius 2 is 2.10 bits per heavy atom. The molecule has 0 radical (unpaired) electrons. The highest BCUT2D eigenvalue weighted by atomic mass is 35.5. The van der Waals surface area contributed by atoms with Crippen LogP contribution >= 0.6 is 11.6 Å². The van der Waals surface area contributed by atoms with Crippen LogP contribution in [0.25, 0.3) is 0 Å². The minimum Gasteiger partial charge on any atom is -0.292 e. The molecule has 1 fully saturated rings. The fourth-order valence-corrected chi connectivity index (χ4v) is 3.19. The first-order valence-corrected chi connectivity index (χ1v) is 9.26. The van der Waals surface area contributed by atoms with E-state index >= 15 is 0 Å². The monoisotopic (exact) mass is 424 g/mol. The Morgan fingerprint density at radius 1 is 1.31 bits per heavy atom. The number of anilines is 1. The quantitative estimate of drug-likeness (QED) is 0.626. The van der Waals surface area contributed by atoms with Crippen molar-refractivity contribution in [1.29, 1.82) is 0 Å². The Kier molecular flexibility index (Phi) is 5.27. The first-order chi connectivity index (χ1) is 13.9. The highest BCUT2D eigenvalue weighted by Gasteiger charge is 2.30. The summed E-state index contributed by atoms with van der Waals surface area (Å²) in [6, 6.07) is 5.70. The molecule has 0 bridgehead atoms. The van der Waals surface area contributed by atoms with Crippen LogP contribution in [-0.4, -0.2) is 30.5 Å². The largest absolute Gasteiger partial charge is 0.292 e. The normalized spacial score (nSPS) is 13.8. The molecule has 1 aliphatic rings. The van der Waals surface area contributed by atoms with Gasteiger partial charge < -0.3 is 0 Å². The van der Waals surface area contributed by atoms with Gasteiger partial charge in [-0.25, -0.2) is 22.8 Å². The van der Waals surface area contributed by atoms with Gasteiger partial charge >= 0.3 is 0 Å². The van der Waals surface area contributed by atoms with E-state index in [0.717, 1.165) is 12.8 Å². The second-order valence-electron chi connectivity index (χ2n) is 6.74. The maximum absolute atomic E-state index is 13.9. The van der Waals surface area contributed by atoms with Crippen molar-refractivity contribution in [2.75, 3.05) is 5.32 Å². The van der Waals surface area contributed by atoms with Gasteiger partial charge in [-0.15, -0.1) is 5.10 Å². The summed E-state index contributed by atoms with van der Waals surface area (Å²) < 4.78 is 42.4. The van der Waals surface area contributed by atoms with Crippen molar-refractivity contribution in [2.45, 2.75) is 38.3 Å². The summed E-state index contributed by atoms with van der Waals surface area (Å²) in [4.78, 5) is 16.3. The van der Waals surface area contributed by atoms with Crippen LogP contribution in [0.3, 0.4) is 0 Å². The van der Waals surface area contributed by atoms with E-state index in [4.69, 9.17) is 11.6 Å². The Labute approximate surface area is 168 Å². The van der Waals surface area contributed by atoms with E-state index in [1.165, 1.54) is 33.9 Å². The minimum absolute atomic E-state index is 0.0108. The summed E-state index contributed by atoms with van der Waals surface area (Å²) in [5.74, 6) is -0.806. The van der Waals surface area contributed by atoms with Crippen molar-refractivity contribution in [3.05, 3.63) is 58.4 Å². The van der Waals surface area contributed by atoms with Crippen LogP contribution in [0, 0.1) is 5.82 Å². The van der Waals surface area contributed by atoms with Crippen LogP contribution in [-0.2, 0) is 17.9 Å². The maximum Gasteiger partial charge on any atom is 0.282 e. The zero-order chi connectivity index (χ0) is 20.5. The molecule has 3 aromatic rings. The fourth-order valence-electron chi connectivity index (χ4n) is 2.97. The summed E-state index contributed by atoms with van der Waals surface area (Å²) in [6.07, 6.45) is 0.414. The van der Waals surface area contributed by atoms with Crippen LogP contribution in [0.5, 0.6) is 0 Å². The molecule has 0 spiro atoms. The molecule has 2 aromatic heterocycles. The zero-order valence-corrected chi connectivity index (χ0v) is 15.8. The van der Waals surface area contributed by atoms with E-state index < -0.39 is 18.1 Å². The predicted molar refractivity (Wildman–Crippen MR) is 98.3 cm³/mol. The molecule has 1 saturated carbocycles. The van der Waals surface area contributed by atoms with Gasteiger partial charge in [-0.05, 0) is 31.0 Å². The van der Waals surface area contributed by atoms with Gasteiger partial charge in [0.25, 0.3) is 6.43 Å². The summed E-state index contributed by atoms with van der Waals surface area (Å²) in [7, 11) is 0. The number of aromatic nitrogens is 5. The lowest BCUT2D eigenvalue weighted by atomic mass is 10.2. The van der Waals surface area contributed by atoms with Crippen molar-refractivity contribution in [3.8, 4) is 0 Å². The summed E-state index contributed by atoms with van der Waals surface area (Å²) in [6.45, 7) is -0.191. The number of amides is 1. The lowest BCUT2D eigenvalue weighted by Crippen LogP contribution is -2.21. The highest BCUT2D eigenvalue weighted by Crippen LogP contribution is 2.41. The molecule has 0 unspecified atom stereocenters. The molecule has 1 aliphatic carbocycles. The lowest BCUT2D eigenvalue weighted by Gasteiger charge is -2.06. The van der Waals surface area contributed by atoms with Crippen LogP contribution in [0.2, 0.25) is 5.02 Å². The van der Waals surface area contributed by atoms with Crippen molar-refractivity contribution < 1.29 is 18.0 Å². The minimum atomic E-state index is -2.70. The molecule has 4 rings (SSSR count). The maximum atomic E-state index is 13.9. The Bertz CT molecular complexity index is 1030. The molecule has 29 heavy (non-hydrogen) atoms. The Balaban J connectivity index is 1.42.